The molecule has 0 saturated carbocycles. The van der Waals surface area contributed by atoms with Crippen molar-refractivity contribution in [3.8, 4) is 5.88 Å². The number of benzene rings is 1. The van der Waals surface area contributed by atoms with Crippen LogP contribution in [-0.4, -0.2) is 93.0 Å². The maximum atomic E-state index is 14.5. The van der Waals surface area contributed by atoms with Crippen LogP contribution < -0.4 is 9.82 Å². The minimum atomic E-state index is -4.64. The Balaban J connectivity index is 1.66. The van der Waals surface area contributed by atoms with Crippen molar-refractivity contribution in [3.05, 3.63) is 48.0 Å². The fourth-order valence-corrected chi connectivity index (χ4v) is 6.80. The van der Waals surface area contributed by atoms with E-state index in [0.29, 0.717) is 16.9 Å². The highest BCUT2D eigenvalue weighted by Crippen LogP contribution is 2.51. The molecule has 17 heteroatoms. The lowest BCUT2D eigenvalue weighted by molar-refractivity contribution is -0.152. The van der Waals surface area contributed by atoms with Crippen molar-refractivity contribution in [1.29, 1.82) is 0 Å². The van der Waals surface area contributed by atoms with Crippen LogP contribution >= 0.6 is 7.75 Å². The van der Waals surface area contributed by atoms with E-state index in [1.165, 1.54) is 32.0 Å². The molecule has 0 bridgehead atoms. The van der Waals surface area contributed by atoms with Gasteiger partial charge in [0.05, 0.1) is 33.8 Å². The van der Waals surface area contributed by atoms with E-state index in [4.69, 9.17) is 28.0 Å². The minimum Gasteiger partial charge on any atom is -0.479 e. The summed E-state index contributed by atoms with van der Waals surface area (Å²) >= 11 is 0. The molecule has 1 aliphatic heterocycles. The van der Waals surface area contributed by atoms with E-state index in [0.717, 1.165) is 0 Å². The third-order valence-electron chi connectivity index (χ3n) is 7.46. The van der Waals surface area contributed by atoms with Crippen molar-refractivity contribution in [2.75, 3.05) is 27.4 Å². The second-order valence-electron chi connectivity index (χ2n) is 11.6. The first kappa shape index (κ1) is 36.3. The van der Waals surface area contributed by atoms with E-state index in [1.807, 2.05) is 13.8 Å². The van der Waals surface area contributed by atoms with Gasteiger partial charge in [-0.15, -0.1) is 0 Å². The lowest BCUT2D eigenvalue weighted by atomic mass is 9.96. The molecule has 0 aliphatic carbocycles. The van der Waals surface area contributed by atoms with Crippen molar-refractivity contribution >= 4 is 30.8 Å². The molecule has 3 aromatic rings. The quantitative estimate of drug-likeness (QED) is 0.156. The Kier molecular flexibility index (Phi) is 11.7. The Hall–Kier alpha value is -3.50. The van der Waals surface area contributed by atoms with Gasteiger partial charge in [-0.05, 0) is 38.7 Å². The standard InChI is InChI=1S/C30H42N5O11P/c1-8-43-28(38)23(19-12-10-9-11-13-19)46-47(40,34-20(14-17(2)3)27(37)42-7)44-15-21-24(36)30(5,39)29(45-21)35-16-31-22-25(35)32-18(4)33-26(22)41-6/h9-13,16-17,20-21,23-24,29,36,39H,8,14-15H2,1-7H3,(H,34,40)/t20-,21+,23-,24?,29+,30-,47?/m0/s1. The first-order chi connectivity index (χ1) is 22.2. The number of nitrogens with one attached hydrogen (secondary N) is 1. The topological polar surface area (TPSA) is 203 Å². The number of aryl methyl sites for hydroxylation is 1. The van der Waals surface area contributed by atoms with Gasteiger partial charge >= 0.3 is 19.7 Å². The lowest BCUT2D eigenvalue weighted by Crippen LogP contribution is -2.44. The highest BCUT2D eigenvalue weighted by molar-refractivity contribution is 7.51. The molecule has 0 radical (unpaired) electrons. The molecule has 16 nitrogen and oxygen atoms in total. The first-order valence-electron chi connectivity index (χ1n) is 15.1. The average molecular weight is 680 g/mol. The van der Waals surface area contributed by atoms with E-state index in [-0.39, 0.29) is 30.5 Å². The van der Waals surface area contributed by atoms with E-state index < -0.39 is 62.5 Å². The van der Waals surface area contributed by atoms with Gasteiger partial charge in [0, 0.05) is 0 Å². The molecule has 2 unspecified atom stereocenters. The number of aliphatic hydroxyl groups is 2. The number of carbonyl (C=O) groups is 2. The smallest absolute Gasteiger partial charge is 0.407 e. The molecular weight excluding hydrogens is 637 g/mol. The van der Waals surface area contributed by atoms with Crippen molar-refractivity contribution < 1.29 is 52.4 Å². The molecule has 1 fully saturated rings. The van der Waals surface area contributed by atoms with Gasteiger partial charge in [0.15, 0.2) is 23.5 Å². The molecule has 0 amide bonds. The summed E-state index contributed by atoms with van der Waals surface area (Å²) in [4.78, 5) is 38.7. The van der Waals surface area contributed by atoms with Crippen LogP contribution in [0.3, 0.4) is 0 Å². The Labute approximate surface area is 272 Å². The normalized spacial score (nSPS) is 23.7. The van der Waals surface area contributed by atoms with Crippen LogP contribution in [0.1, 0.15) is 57.8 Å². The summed E-state index contributed by atoms with van der Waals surface area (Å²) in [6, 6.07) is 7.05. The molecule has 3 heterocycles. The zero-order valence-corrected chi connectivity index (χ0v) is 28.2. The zero-order valence-electron chi connectivity index (χ0n) is 27.4. The number of fused-ring (bicyclic) bond motifs is 1. The van der Waals surface area contributed by atoms with Gasteiger partial charge in [-0.3, -0.25) is 18.4 Å². The van der Waals surface area contributed by atoms with Crippen molar-refractivity contribution in [2.24, 2.45) is 5.92 Å². The third kappa shape index (κ3) is 8.15. The van der Waals surface area contributed by atoms with Crippen LogP contribution in [0.2, 0.25) is 0 Å². The molecule has 2 aromatic heterocycles. The summed E-state index contributed by atoms with van der Waals surface area (Å²) in [6.45, 7) is 7.73. The van der Waals surface area contributed by atoms with Crippen LogP contribution in [0.25, 0.3) is 11.2 Å². The number of methoxy groups -OCH3 is 2. The van der Waals surface area contributed by atoms with Crippen LogP contribution in [-0.2, 0) is 37.4 Å². The second kappa shape index (κ2) is 15.2. The average Bonchev–Trinajstić information content (AvgIpc) is 3.54. The molecule has 47 heavy (non-hydrogen) atoms. The number of hydrogen-bond donors (Lipinski definition) is 3. The maximum absolute atomic E-state index is 14.5. The number of hydrogen-bond acceptors (Lipinski definition) is 14. The van der Waals surface area contributed by atoms with Crippen molar-refractivity contribution in [3.63, 3.8) is 0 Å². The molecule has 0 spiro atoms. The lowest BCUT2D eigenvalue weighted by Gasteiger charge is -2.29. The van der Waals surface area contributed by atoms with Gasteiger partial charge in [0.1, 0.15) is 29.7 Å². The van der Waals surface area contributed by atoms with Gasteiger partial charge in [-0.1, -0.05) is 44.2 Å². The third-order valence-corrected chi connectivity index (χ3v) is 9.07. The van der Waals surface area contributed by atoms with E-state index >= 15 is 0 Å². The van der Waals surface area contributed by atoms with Crippen LogP contribution in [0.15, 0.2) is 36.7 Å². The second-order valence-corrected chi connectivity index (χ2v) is 13.3. The fourth-order valence-electron chi connectivity index (χ4n) is 5.19. The predicted molar refractivity (Wildman–Crippen MR) is 166 cm³/mol. The number of carbonyl (C=O) groups excluding carboxylic acids is 2. The summed E-state index contributed by atoms with van der Waals surface area (Å²) in [5, 5.41) is 25.3. The molecule has 1 aliphatic rings. The Morgan fingerprint density at radius 1 is 1.17 bits per heavy atom. The molecule has 4 rings (SSSR count). The van der Waals surface area contributed by atoms with Gasteiger partial charge in [-0.2, -0.15) is 4.98 Å². The van der Waals surface area contributed by atoms with Gasteiger partial charge < -0.3 is 29.2 Å². The van der Waals surface area contributed by atoms with Gasteiger partial charge in [0.25, 0.3) is 0 Å². The highest BCUT2D eigenvalue weighted by atomic mass is 31.2. The molecule has 1 aromatic carbocycles. The highest BCUT2D eigenvalue weighted by Gasteiger charge is 2.54. The summed E-state index contributed by atoms with van der Waals surface area (Å²) in [5.74, 6) is -1.05. The molecule has 3 N–H and O–H groups in total. The number of rotatable bonds is 15. The summed E-state index contributed by atoms with van der Waals surface area (Å²) in [7, 11) is -2.02. The Morgan fingerprint density at radius 2 is 1.87 bits per heavy atom. The van der Waals surface area contributed by atoms with Gasteiger partial charge in [-0.25, -0.2) is 24.4 Å². The van der Waals surface area contributed by atoms with Gasteiger partial charge in [0.2, 0.25) is 5.88 Å². The summed E-state index contributed by atoms with van der Waals surface area (Å²) in [5.41, 5.74) is -1.03. The Bertz CT molecular complexity index is 1580. The zero-order chi connectivity index (χ0) is 34.5. The van der Waals surface area contributed by atoms with Crippen LogP contribution in [0, 0.1) is 12.8 Å². The Morgan fingerprint density at radius 3 is 2.49 bits per heavy atom. The van der Waals surface area contributed by atoms with Crippen LogP contribution in [0.5, 0.6) is 5.88 Å². The molecule has 1 saturated heterocycles. The molecule has 7 atom stereocenters. The number of ether oxygens (including phenoxy) is 4. The van der Waals surface area contributed by atoms with E-state index in [9.17, 15) is 24.4 Å². The number of esters is 2. The SMILES string of the molecule is CCOC(=O)[C@@H](OP(=O)(N[C@@H](CC(C)C)C(=O)OC)OC[C@H]1O[C@@H](n2cnc3c(OC)nc(C)nc32)[C@@](C)(O)C1O)c1ccccc1. The van der Waals surface area contributed by atoms with Crippen LogP contribution in [0.4, 0.5) is 0 Å². The van der Waals surface area contributed by atoms with Crippen molar-refractivity contribution in [1.82, 2.24) is 24.6 Å². The van der Waals surface area contributed by atoms with E-state index in [2.05, 4.69) is 20.0 Å². The predicted octanol–water partition coefficient (Wildman–Crippen LogP) is 2.78. The number of nitrogens with zero attached hydrogens (tertiary/aromatic N) is 4. The van der Waals surface area contributed by atoms with Crippen molar-refractivity contribution in [2.45, 2.75) is 77.2 Å². The number of imidazole rings is 1. The largest absolute Gasteiger partial charge is 0.479 e. The minimum absolute atomic E-state index is 0.0140. The first-order valence-corrected chi connectivity index (χ1v) is 16.6. The summed E-state index contributed by atoms with van der Waals surface area (Å²) < 4.78 is 49.1. The van der Waals surface area contributed by atoms with E-state index in [1.54, 1.807) is 44.2 Å². The monoisotopic (exact) mass is 679 g/mol. The number of aliphatic hydroxyl groups excluding tert-OH is 1. The summed E-state index contributed by atoms with van der Waals surface area (Å²) in [6.07, 6.45) is -4.07. The molecular formula is C30H42N5O11P. The molecule has 258 valence electrons. The fraction of sp³-hybridized carbons (Fsp3) is 0.567. The maximum Gasteiger partial charge on any atom is 0.407 e. The number of aromatic nitrogens is 4.